The first-order valence-corrected chi connectivity index (χ1v) is 6.74. The molecule has 0 saturated heterocycles. The number of halogens is 4. The highest BCUT2D eigenvalue weighted by Crippen LogP contribution is 2.41. The SMILES string of the molecule is OC1c2cc(F)c(F)cc2SCc2c1ccc(F)c2F. The lowest BCUT2D eigenvalue weighted by Crippen LogP contribution is -2.06. The van der Waals surface area contributed by atoms with Crippen molar-refractivity contribution >= 4 is 11.8 Å². The lowest BCUT2D eigenvalue weighted by molar-refractivity contribution is 0.215. The number of rotatable bonds is 0. The Bertz CT molecular complexity index is 700. The standard InChI is InChI=1S/C14H8F4OS/c15-9-2-1-6-8(13(9)18)5-20-12-4-11(17)10(16)3-7(12)14(6)19/h1-4,14,19H,5H2. The number of aliphatic hydroxyl groups is 1. The second-order valence-corrected chi connectivity index (χ2v) is 5.44. The molecule has 2 aromatic carbocycles. The minimum Gasteiger partial charge on any atom is -0.384 e. The van der Waals surface area contributed by atoms with Gasteiger partial charge in [0.15, 0.2) is 23.3 Å². The molecule has 1 unspecified atom stereocenters. The minimum absolute atomic E-state index is 0.0134. The van der Waals surface area contributed by atoms with Gasteiger partial charge in [0.05, 0.1) is 0 Å². The first kappa shape index (κ1) is 13.5. The molecule has 6 heteroatoms. The topological polar surface area (TPSA) is 20.2 Å². The van der Waals surface area contributed by atoms with E-state index in [4.69, 9.17) is 0 Å². The van der Waals surface area contributed by atoms with E-state index in [9.17, 15) is 22.7 Å². The van der Waals surface area contributed by atoms with Crippen LogP contribution in [0.15, 0.2) is 29.2 Å². The quantitative estimate of drug-likeness (QED) is 0.744. The molecule has 0 bridgehead atoms. The summed E-state index contributed by atoms with van der Waals surface area (Å²) < 4.78 is 53.5. The molecule has 1 atom stereocenters. The predicted octanol–water partition coefficient (Wildman–Crippen LogP) is 3.93. The zero-order valence-electron chi connectivity index (χ0n) is 9.96. The van der Waals surface area contributed by atoms with Crippen LogP contribution in [-0.4, -0.2) is 5.11 Å². The Balaban J connectivity index is 2.21. The summed E-state index contributed by atoms with van der Waals surface area (Å²) in [4.78, 5) is 0.312. The molecule has 104 valence electrons. The van der Waals surface area contributed by atoms with Crippen LogP contribution in [0, 0.1) is 23.3 Å². The average molecular weight is 300 g/mol. The molecule has 1 aliphatic rings. The van der Waals surface area contributed by atoms with Crippen molar-refractivity contribution in [2.24, 2.45) is 0 Å². The zero-order chi connectivity index (χ0) is 14.4. The van der Waals surface area contributed by atoms with Gasteiger partial charge in [-0.2, -0.15) is 0 Å². The van der Waals surface area contributed by atoms with Crippen LogP contribution in [0.5, 0.6) is 0 Å². The van der Waals surface area contributed by atoms with Crippen LogP contribution in [0.4, 0.5) is 17.6 Å². The van der Waals surface area contributed by atoms with Crippen molar-refractivity contribution in [3.63, 3.8) is 0 Å². The van der Waals surface area contributed by atoms with Crippen LogP contribution in [0.1, 0.15) is 22.8 Å². The maximum absolute atomic E-state index is 13.8. The van der Waals surface area contributed by atoms with E-state index in [1.54, 1.807) is 0 Å². The highest BCUT2D eigenvalue weighted by atomic mass is 32.2. The molecule has 2 aromatic rings. The molecule has 1 aliphatic heterocycles. The van der Waals surface area contributed by atoms with E-state index in [1.807, 2.05) is 0 Å². The number of hydrogen-bond acceptors (Lipinski definition) is 2. The summed E-state index contributed by atoms with van der Waals surface area (Å²) >= 11 is 1.03. The summed E-state index contributed by atoms with van der Waals surface area (Å²) in [5.41, 5.74) is 0.333. The van der Waals surface area contributed by atoms with E-state index in [0.717, 1.165) is 30.0 Å². The van der Waals surface area contributed by atoms with E-state index in [2.05, 4.69) is 0 Å². The van der Waals surface area contributed by atoms with Crippen molar-refractivity contribution in [3.05, 3.63) is 64.2 Å². The van der Waals surface area contributed by atoms with Crippen molar-refractivity contribution < 1.29 is 22.7 Å². The molecule has 0 amide bonds. The van der Waals surface area contributed by atoms with E-state index in [-0.39, 0.29) is 22.4 Å². The average Bonchev–Trinajstić information content (AvgIpc) is 2.54. The first-order chi connectivity index (χ1) is 9.49. The Kier molecular flexibility index (Phi) is 3.22. The fraction of sp³-hybridized carbons (Fsp3) is 0.143. The summed E-state index contributed by atoms with van der Waals surface area (Å²) in [5.74, 6) is -4.15. The molecule has 0 fully saturated rings. The molecule has 0 aromatic heterocycles. The van der Waals surface area contributed by atoms with Gasteiger partial charge in [-0.25, -0.2) is 17.6 Å². The lowest BCUT2D eigenvalue weighted by atomic mass is 9.97. The molecular formula is C14H8F4OS. The van der Waals surface area contributed by atoms with E-state index >= 15 is 0 Å². The molecule has 1 nitrogen and oxygen atoms in total. The fourth-order valence-corrected chi connectivity index (χ4v) is 3.33. The molecular weight excluding hydrogens is 292 g/mol. The van der Waals surface area contributed by atoms with E-state index in [1.165, 1.54) is 6.07 Å². The molecule has 3 rings (SSSR count). The number of thioether (sulfide) groups is 1. The Morgan fingerprint density at radius 1 is 0.950 bits per heavy atom. The van der Waals surface area contributed by atoms with Crippen molar-refractivity contribution in [2.75, 3.05) is 0 Å². The lowest BCUT2D eigenvalue weighted by Gasteiger charge is -2.14. The molecule has 1 heterocycles. The summed E-state index contributed by atoms with van der Waals surface area (Å²) in [5, 5.41) is 10.2. The van der Waals surface area contributed by atoms with Gasteiger partial charge in [-0.15, -0.1) is 11.8 Å². The van der Waals surface area contributed by atoms with Crippen molar-refractivity contribution in [1.82, 2.24) is 0 Å². The Hall–Kier alpha value is -1.53. The summed E-state index contributed by atoms with van der Waals surface area (Å²) in [7, 11) is 0. The third-order valence-electron chi connectivity index (χ3n) is 3.25. The molecule has 0 saturated carbocycles. The Labute approximate surface area is 116 Å². The monoisotopic (exact) mass is 300 g/mol. The maximum Gasteiger partial charge on any atom is 0.163 e. The van der Waals surface area contributed by atoms with Gasteiger partial charge in [-0.3, -0.25) is 0 Å². The Morgan fingerprint density at radius 3 is 2.40 bits per heavy atom. The normalized spacial score (nSPS) is 17.4. The van der Waals surface area contributed by atoms with Gasteiger partial charge in [0.1, 0.15) is 6.10 Å². The van der Waals surface area contributed by atoms with Gasteiger partial charge < -0.3 is 5.11 Å². The zero-order valence-corrected chi connectivity index (χ0v) is 10.8. The van der Waals surface area contributed by atoms with Gasteiger partial charge in [-0.05, 0) is 23.8 Å². The molecule has 0 aliphatic carbocycles. The van der Waals surface area contributed by atoms with Crippen LogP contribution in [-0.2, 0) is 5.75 Å². The highest BCUT2D eigenvalue weighted by molar-refractivity contribution is 7.98. The first-order valence-electron chi connectivity index (χ1n) is 5.75. The van der Waals surface area contributed by atoms with Gasteiger partial charge in [0.2, 0.25) is 0 Å². The second-order valence-electron chi connectivity index (χ2n) is 4.42. The fourth-order valence-electron chi connectivity index (χ4n) is 2.21. The number of hydrogen-bond donors (Lipinski definition) is 1. The van der Waals surface area contributed by atoms with Crippen LogP contribution in [0.25, 0.3) is 0 Å². The van der Waals surface area contributed by atoms with Crippen molar-refractivity contribution in [3.8, 4) is 0 Å². The van der Waals surface area contributed by atoms with Gasteiger partial charge >= 0.3 is 0 Å². The van der Waals surface area contributed by atoms with E-state index in [0.29, 0.717) is 4.90 Å². The number of benzene rings is 2. The van der Waals surface area contributed by atoms with Crippen LogP contribution in [0.3, 0.4) is 0 Å². The summed E-state index contributed by atoms with van der Waals surface area (Å²) in [6, 6.07) is 4.01. The Morgan fingerprint density at radius 2 is 1.65 bits per heavy atom. The molecule has 1 N–H and O–H groups in total. The second kappa shape index (κ2) is 4.79. The van der Waals surface area contributed by atoms with Crippen molar-refractivity contribution in [2.45, 2.75) is 16.8 Å². The summed E-state index contributed by atoms with van der Waals surface area (Å²) in [6.07, 6.45) is -1.32. The molecule has 0 radical (unpaired) electrons. The third kappa shape index (κ3) is 1.99. The van der Waals surface area contributed by atoms with Crippen LogP contribution in [0.2, 0.25) is 0 Å². The molecule has 0 spiro atoms. The van der Waals surface area contributed by atoms with E-state index < -0.39 is 29.4 Å². The van der Waals surface area contributed by atoms with Gasteiger partial charge in [0.25, 0.3) is 0 Å². The number of aliphatic hydroxyl groups excluding tert-OH is 1. The maximum atomic E-state index is 13.8. The van der Waals surface area contributed by atoms with Crippen molar-refractivity contribution in [1.29, 1.82) is 0 Å². The van der Waals surface area contributed by atoms with Crippen LogP contribution < -0.4 is 0 Å². The predicted molar refractivity (Wildman–Crippen MR) is 66.3 cm³/mol. The smallest absolute Gasteiger partial charge is 0.163 e. The number of fused-ring (bicyclic) bond motifs is 2. The van der Waals surface area contributed by atoms with Gasteiger partial charge in [0, 0.05) is 21.8 Å². The van der Waals surface area contributed by atoms with Gasteiger partial charge in [-0.1, -0.05) is 6.07 Å². The highest BCUT2D eigenvalue weighted by Gasteiger charge is 2.27. The minimum atomic E-state index is -1.32. The largest absolute Gasteiger partial charge is 0.384 e. The molecule has 20 heavy (non-hydrogen) atoms. The van der Waals surface area contributed by atoms with Crippen LogP contribution >= 0.6 is 11.8 Å². The third-order valence-corrected chi connectivity index (χ3v) is 4.34. The summed E-state index contributed by atoms with van der Waals surface area (Å²) in [6.45, 7) is 0.